The van der Waals surface area contributed by atoms with E-state index in [1.165, 1.54) is 23.9 Å². The largest absolute Gasteiger partial charge is 0.355 e. The third-order valence-corrected chi connectivity index (χ3v) is 4.44. The first-order valence-electron chi connectivity index (χ1n) is 8.48. The summed E-state index contributed by atoms with van der Waals surface area (Å²) in [7, 11) is 1.45. The van der Waals surface area contributed by atoms with Crippen LogP contribution in [0.15, 0.2) is 41.3 Å². The van der Waals surface area contributed by atoms with Gasteiger partial charge in [-0.3, -0.25) is 14.4 Å². The van der Waals surface area contributed by atoms with E-state index < -0.39 is 11.5 Å². The van der Waals surface area contributed by atoms with Gasteiger partial charge in [0.15, 0.2) is 11.5 Å². The molecule has 1 amide bonds. The van der Waals surface area contributed by atoms with Gasteiger partial charge in [0, 0.05) is 31.8 Å². The lowest BCUT2D eigenvalue weighted by Gasteiger charge is -2.11. The Bertz CT molecular complexity index is 965. The Morgan fingerprint density at radius 1 is 1.31 bits per heavy atom. The van der Waals surface area contributed by atoms with Crippen LogP contribution in [0.2, 0.25) is 0 Å². The van der Waals surface area contributed by atoms with E-state index >= 15 is 0 Å². The van der Waals surface area contributed by atoms with Crippen LogP contribution in [-0.4, -0.2) is 23.3 Å². The molecule has 0 spiro atoms. The topological polar surface area (TPSA) is 72.5 Å². The highest BCUT2D eigenvalue weighted by Gasteiger charge is 2.26. The number of ketones is 1. The first-order chi connectivity index (χ1) is 12.5. The fourth-order valence-corrected chi connectivity index (χ4v) is 2.83. The number of nitrogens with zero attached hydrogens (tertiary/aromatic N) is 2. The van der Waals surface area contributed by atoms with Gasteiger partial charge in [0.05, 0.1) is 6.57 Å². The van der Waals surface area contributed by atoms with Crippen molar-refractivity contribution < 1.29 is 9.59 Å². The number of pyridine rings is 1. The van der Waals surface area contributed by atoms with Crippen molar-refractivity contribution in [2.24, 2.45) is 5.92 Å². The smallest absolute Gasteiger partial charge is 0.263 e. The van der Waals surface area contributed by atoms with Gasteiger partial charge in [-0.15, -0.1) is 0 Å². The SMILES string of the molecule is [C-]#[N+]c1cccc(Cn2cc(C(=O)CC3CC3)cc(C(=O)NC)c2=O)c1. The predicted molar refractivity (Wildman–Crippen MR) is 97.6 cm³/mol. The molecule has 2 aromatic rings. The molecule has 1 N–H and O–H groups in total. The first-order valence-corrected chi connectivity index (χ1v) is 8.48. The zero-order valence-electron chi connectivity index (χ0n) is 14.5. The zero-order chi connectivity index (χ0) is 18.7. The second-order valence-electron chi connectivity index (χ2n) is 6.51. The molecule has 1 aromatic heterocycles. The minimum absolute atomic E-state index is 0.0459. The fourth-order valence-electron chi connectivity index (χ4n) is 2.83. The lowest BCUT2D eigenvalue weighted by atomic mass is 10.0. The molecule has 6 nitrogen and oxygen atoms in total. The molecule has 1 aliphatic rings. The van der Waals surface area contributed by atoms with E-state index in [-0.39, 0.29) is 17.9 Å². The van der Waals surface area contributed by atoms with Gasteiger partial charge in [0.2, 0.25) is 0 Å². The van der Waals surface area contributed by atoms with Crippen LogP contribution < -0.4 is 10.9 Å². The fraction of sp³-hybridized carbons (Fsp3) is 0.300. The highest BCUT2D eigenvalue weighted by Crippen LogP contribution is 2.33. The molecule has 0 atom stereocenters. The van der Waals surface area contributed by atoms with E-state index in [1.54, 1.807) is 24.3 Å². The summed E-state index contributed by atoms with van der Waals surface area (Å²) in [5.41, 5.74) is 1.10. The minimum Gasteiger partial charge on any atom is -0.355 e. The minimum atomic E-state index is -0.514. The van der Waals surface area contributed by atoms with Gasteiger partial charge in [-0.25, -0.2) is 4.85 Å². The van der Waals surface area contributed by atoms with E-state index in [2.05, 4.69) is 10.2 Å². The average molecular weight is 349 g/mol. The third kappa shape index (κ3) is 3.89. The van der Waals surface area contributed by atoms with Gasteiger partial charge in [-0.1, -0.05) is 24.3 Å². The molecule has 6 heteroatoms. The van der Waals surface area contributed by atoms with Crippen LogP contribution in [0.4, 0.5) is 5.69 Å². The molecule has 0 unspecified atom stereocenters. The van der Waals surface area contributed by atoms with E-state index in [9.17, 15) is 14.4 Å². The maximum Gasteiger partial charge on any atom is 0.263 e. The summed E-state index contributed by atoms with van der Waals surface area (Å²) in [5.74, 6) is -0.150. The number of amides is 1. The summed E-state index contributed by atoms with van der Waals surface area (Å²) < 4.78 is 1.37. The first kappa shape index (κ1) is 17.6. The Morgan fingerprint density at radius 2 is 2.08 bits per heavy atom. The molecule has 1 saturated carbocycles. The summed E-state index contributed by atoms with van der Waals surface area (Å²) in [6, 6.07) is 8.31. The van der Waals surface area contributed by atoms with Crippen molar-refractivity contribution in [3.63, 3.8) is 0 Å². The summed E-state index contributed by atoms with van der Waals surface area (Å²) in [4.78, 5) is 40.6. The molecule has 0 radical (unpaired) electrons. The summed E-state index contributed by atoms with van der Waals surface area (Å²) in [6.45, 7) is 7.29. The van der Waals surface area contributed by atoms with Gasteiger partial charge >= 0.3 is 0 Å². The number of aromatic nitrogens is 1. The second kappa shape index (κ2) is 7.36. The van der Waals surface area contributed by atoms with Gasteiger partial charge in [-0.05, 0) is 30.4 Å². The Labute approximate surface area is 151 Å². The standard InChI is InChI=1S/C20H19N3O3/c1-21-16-5-3-4-14(8-16)11-23-12-15(18(24)9-13-6-7-13)10-17(20(23)26)19(25)22-2/h3-5,8,10,12-13H,6-7,9,11H2,2H3,(H,22,25). The summed E-state index contributed by atoms with van der Waals surface area (Å²) in [5, 5.41) is 2.45. The lowest BCUT2D eigenvalue weighted by molar-refractivity contribution is 0.0961. The van der Waals surface area contributed by atoms with Gasteiger partial charge < -0.3 is 9.88 Å². The number of hydrogen-bond donors (Lipinski definition) is 1. The van der Waals surface area contributed by atoms with E-state index in [4.69, 9.17) is 6.57 Å². The van der Waals surface area contributed by atoms with Crippen LogP contribution in [0.5, 0.6) is 0 Å². The highest BCUT2D eigenvalue weighted by atomic mass is 16.2. The monoisotopic (exact) mass is 349 g/mol. The Morgan fingerprint density at radius 3 is 2.73 bits per heavy atom. The molecule has 0 saturated heterocycles. The number of nitrogens with one attached hydrogen (secondary N) is 1. The number of rotatable bonds is 6. The van der Waals surface area contributed by atoms with Crippen LogP contribution in [0.25, 0.3) is 4.85 Å². The van der Waals surface area contributed by atoms with Gasteiger partial charge in [0.25, 0.3) is 11.5 Å². The number of carbonyl (C=O) groups excluding carboxylic acids is 2. The van der Waals surface area contributed by atoms with Crippen molar-refractivity contribution in [1.29, 1.82) is 0 Å². The van der Waals surface area contributed by atoms with Crippen LogP contribution in [0.3, 0.4) is 0 Å². The van der Waals surface area contributed by atoms with Crippen molar-refractivity contribution in [3.8, 4) is 0 Å². The van der Waals surface area contributed by atoms with Crippen molar-refractivity contribution in [2.75, 3.05) is 7.05 Å². The van der Waals surface area contributed by atoms with E-state index in [0.29, 0.717) is 23.6 Å². The van der Waals surface area contributed by atoms with Crippen LogP contribution in [-0.2, 0) is 6.54 Å². The third-order valence-electron chi connectivity index (χ3n) is 4.44. The van der Waals surface area contributed by atoms with Crippen LogP contribution >= 0.6 is 0 Å². The van der Waals surface area contributed by atoms with Crippen molar-refractivity contribution in [2.45, 2.75) is 25.8 Å². The molecule has 1 aromatic carbocycles. The maximum atomic E-state index is 12.7. The van der Waals surface area contributed by atoms with Crippen LogP contribution in [0.1, 0.15) is 45.5 Å². The normalized spacial score (nSPS) is 13.1. The summed E-state index contributed by atoms with van der Waals surface area (Å²) in [6.07, 6.45) is 4.07. The van der Waals surface area contributed by atoms with Crippen molar-refractivity contribution in [1.82, 2.24) is 9.88 Å². The molecular formula is C20H19N3O3. The Kier molecular flexibility index (Phi) is 4.99. The molecule has 132 valence electrons. The summed E-state index contributed by atoms with van der Waals surface area (Å²) >= 11 is 0. The van der Waals surface area contributed by atoms with E-state index in [1.807, 2.05) is 0 Å². The molecule has 26 heavy (non-hydrogen) atoms. The van der Waals surface area contributed by atoms with E-state index in [0.717, 1.165) is 18.4 Å². The second-order valence-corrected chi connectivity index (χ2v) is 6.51. The Hall–Kier alpha value is -3.20. The molecule has 0 bridgehead atoms. The average Bonchev–Trinajstić information content (AvgIpc) is 3.46. The number of carbonyl (C=O) groups is 2. The molecule has 0 aliphatic heterocycles. The van der Waals surface area contributed by atoms with Crippen molar-refractivity contribution in [3.05, 3.63) is 75.0 Å². The molecular weight excluding hydrogens is 330 g/mol. The maximum absolute atomic E-state index is 12.7. The zero-order valence-corrected chi connectivity index (χ0v) is 14.5. The van der Waals surface area contributed by atoms with Gasteiger partial charge in [0.1, 0.15) is 5.56 Å². The Balaban J connectivity index is 2.01. The number of Topliss-reactive ketones (excluding diaryl/α,β-unsaturated/α-hetero) is 1. The number of benzene rings is 1. The molecule has 1 fully saturated rings. The molecule has 3 rings (SSSR count). The molecule has 1 aliphatic carbocycles. The highest BCUT2D eigenvalue weighted by molar-refractivity contribution is 6.00. The van der Waals surface area contributed by atoms with Crippen LogP contribution in [0, 0.1) is 12.5 Å². The predicted octanol–water partition coefficient (Wildman–Crippen LogP) is 2.79. The quantitative estimate of drug-likeness (QED) is 0.644. The lowest BCUT2D eigenvalue weighted by Crippen LogP contribution is -2.32. The van der Waals surface area contributed by atoms with Crippen molar-refractivity contribution >= 4 is 17.4 Å². The number of hydrogen-bond acceptors (Lipinski definition) is 3. The molecule has 1 heterocycles. The van der Waals surface area contributed by atoms with Gasteiger partial charge in [-0.2, -0.15) is 0 Å².